The minimum absolute atomic E-state index is 0. The van der Waals surface area contributed by atoms with Crippen LogP contribution in [0.1, 0.15) is 39.3 Å². The zero-order chi connectivity index (χ0) is 16.5. The van der Waals surface area contributed by atoms with E-state index in [4.69, 9.17) is 11.6 Å². The van der Waals surface area contributed by atoms with Gasteiger partial charge >= 0.3 is 0 Å². The lowest BCUT2D eigenvalue weighted by Crippen LogP contribution is -2.02. The molecule has 0 heterocycles. The molecule has 0 saturated carbocycles. The van der Waals surface area contributed by atoms with Gasteiger partial charge in [0.05, 0.1) is 0 Å². The van der Waals surface area contributed by atoms with Crippen molar-refractivity contribution in [2.75, 3.05) is 0 Å². The summed E-state index contributed by atoms with van der Waals surface area (Å²) in [5, 5.41) is 0.676. The molecule has 0 radical (unpaired) electrons. The van der Waals surface area contributed by atoms with Gasteiger partial charge in [0.2, 0.25) is 0 Å². The van der Waals surface area contributed by atoms with Crippen molar-refractivity contribution in [3.05, 3.63) is 82.9 Å². The Morgan fingerprint density at radius 2 is 1.52 bits per heavy atom. The smallest absolute Gasteiger partial charge is 0.188 e. The molecule has 0 aliphatic heterocycles. The first-order valence-electron chi connectivity index (χ1n) is 7.31. The number of benzene rings is 2. The molecule has 2 rings (SSSR count). The van der Waals surface area contributed by atoms with Gasteiger partial charge in [-0.15, -0.1) is 0 Å². The first kappa shape index (κ1) is 20.9. The van der Waals surface area contributed by atoms with E-state index in [1.807, 2.05) is 62.4 Å². The van der Waals surface area contributed by atoms with E-state index in [9.17, 15) is 4.79 Å². The van der Waals surface area contributed by atoms with Crippen molar-refractivity contribution in [3.63, 3.8) is 0 Å². The zero-order valence-electron chi connectivity index (χ0n) is 13.3. The molecule has 122 valence electrons. The highest BCUT2D eigenvalue weighted by Gasteiger charge is 2.12. The van der Waals surface area contributed by atoms with Gasteiger partial charge < -0.3 is 0 Å². The average Bonchev–Trinajstić information content (AvgIpc) is 2.56. The first-order valence-corrected chi connectivity index (χ1v) is 7.68. The second-order valence-corrected chi connectivity index (χ2v) is 5.02. The van der Waals surface area contributed by atoms with Crippen molar-refractivity contribution in [2.45, 2.75) is 28.2 Å². The summed E-state index contributed by atoms with van der Waals surface area (Å²) >= 11 is 5.88. The van der Waals surface area contributed by atoms with Gasteiger partial charge in [-0.1, -0.05) is 81.9 Å². The molecule has 23 heavy (non-hydrogen) atoms. The van der Waals surface area contributed by atoms with Crippen LogP contribution >= 0.6 is 11.6 Å². The van der Waals surface area contributed by atoms with Gasteiger partial charge in [0.1, 0.15) is 0 Å². The van der Waals surface area contributed by atoms with Crippen LogP contribution in [-0.2, 0) is 4.79 Å². The predicted molar refractivity (Wildman–Crippen MR) is 104 cm³/mol. The predicted octanol–water partition coefficient (Wildman–Crippen LogP) is 6.69. The number of allylic oxidation sites excluding steroid dienone is 2. The summed E-state index contributed by atoms with van der Waals surface area (Å²) in [5.41, 5.74) is 2.98. The molecule has 0 fully saturated rings. The van der Waals surface area contributed by atoms with Crippen LogP contribution in [-0.4, -0.2) is 5.78 Å². The van der Waals surface area contributed by atoms with Gasteiger partial charge in [0.15, 0.2) is 5.78 Å². The maximum atomic E-state index is 12.3. The van der Waals surface area contributed by atoms with E-state index in [2.05, 4.69) is 6.58 Å². The monoisotopic (exact) mass is 328 g/mol. The number of halogens is 1. The number of Topliss-reactive ketones (excluding diaryl/α,β-unsaturated/α-hetero) is 1. The Bertz CT molecular complexity index is 652. The van der Waals surface area contributed by atoms with Crippen molar-refractivity contribution in [1.82, 2.24) is 0 Å². The number of hydrogen-bond donors (Lipinski definition) is 0. The minimum Gasteiger partial charge on any atom is -0.289 e. The number of hydrogen-bond acceptors (Lipinski definition) is 1. The van der Waals surface area contributed by atoms with Crippen LogP contribution in [0.2, 0.25) is 5.02 Å². The third-order valence-electron chi connectivity index (χ3n) is 2.90. The fraction of sp³-hybridized carbons (Fsp3) is 0.190. The summed E-state index contributed by atoms with van der Waals surface area (Å²) in [6.45, 7) is 9.47. The highest BCUT2D eigenvalue weighted by Crippen LogP contribution is 2.22. The van der Waals surface area contributed by atoms with Crippen LogP contribution in [0.4, 0.5) is 0 Å². The van der Waals surface area contributed by atoms with E-state index in [0.717, 1.165) is 11.1 Å². The Morgan fingerprint density at radius 3 is 2.00 bits per heavy atom. The Labute approximate surface area is 145 Å². The topological polar surface area (TPSA) is 17.1 Å². The SMILES string of the molecule is C.C=C(C)C(=O)/C(=C/c1ccc(Cl)cc1)c1ccccc1.CC. The van der Waals surface area contributed by atoms with Crippen molar-refractivity contribution in [3.8, 4) is 0 Å². The number of rotatable bonds is 4. The van der Waals surface area contributed by atoms with Crippen LogP contribution in [0.5, 0.6) is 0 Å². The second-order valence-electron chi connectivity index (χ2n) is 4.59. The van der Waals surface area contributed by atoms with Crippen LogP contribution in [0, 0.1) is 0 Å². The van der Waals surface area contributed by atoms with Gasteiger partial charge in [0.25, 0.3) is 0 Å². The lowest BCUT2D eigenvalue weighted by atomic mass is 9.96. The van der Waals surface area contributed by atoms with Crippen molar-refractivity contribution >= 4 is 29.0 Å². The van der Waals surface area contributed by atoms with Crippen molar-refractivity contribution in [2.24, 2.45) is 0 Å². The molecular formula is C21H25ClO. The Morgan fingerprint density at radius 1 is 1.00 bits per heavy atom. The second kappa shape index (κ2) is 10.6. The molecule has 1 nitrogen and oxygen atoms in total. The Balaban J connectivity index is 0.00000155. The summed E-state index contributed by atoms with van der Waals surface area (Å²) in [6.07, 6.45) is 1.86. The molecule has 2 heteroatoms. The third kappa shape index (κ3) is 6.25. The molecule has 0 bridgehead atoms. The molecule has 2 aromatic carbocycles. The number of carbonyl (C=O) groups excluding carboxylic acids is 1. The number of ketones is 1. The normalized spacial score (nSPS) is 10.0. The molecule has 0 aliphatic carbocycles. The van der Waals surface area contributed by atoms with E-state index in [0.29, 0.717) is 16.2 Å². The molecule has 0 saturated heterocycles. The first-order chi connectivity index (χ1) is 10.6. The van der Waals surface area contributed by atoms with Gasteiger partial charge in [-0.05, 0) is 41.8 Å². The molecular weight excluding hydrogens is 304 g/mol. The summed E-state index contributed by atoms with van der Waals surface area (Å²) in [5.74, 6) is -0.0499. The lowest BCUT2D eigenvalue weighted by molar-refractivity contribution is -0.110. The van der Waals surface area contributed by atoms with Crippen LogP contribution < -0.4 is 0 Å². The van der Waals surface area contributed by atoms with E-state index < -0.39 is 0 Å². The van der Waals surface area contributed by atoms with Gasteiger partial charge in [-0.25, -0.2) is 0 Å². The van der Waals surface area contributed by atoms with E-state index >= 15 is 0 Å². The van der Waals surface area contributed by atoms with Gasteiger partial charge in [-0.3, -0.25) is 4.79 Å². The third-order valence-corrected chi connectivity index (χ3v) is 3.15. The summed E-state index contributed by atoms with van der Waals surface area (Å²) in [6, 6.07) is 17.0. The summed E-state index contributed by atoms with van der Waals surface area (Å²) < 4.78 is 0. The van der Waals surface area contributed by atoms with Crippen molar-refractivity contribution in [1.29, 1.82) is 0 Å². The van der Waals surface area contributed by atoms with Crippen LogP contribution in [0.15, 0.2) is 66.7 Å². The molecule has 0 aliphatic rings. The average molecular weight is 329 g/mol. The molecule has 0 atom stereocenters. The highest BCUT2D eigenvalue weighted by atomic mass is 35.5. The van der Waals surface area contributed by atoms with E-state index in [1.165, 1.54) is 0 Å². The Hall–Kier alpha value is -2.12. The molecule has 0 amide bonds. The Kier molecular flexibility index (Phi) is 9.60. The van der Waals surface area contributed by atoms with Crippen molar-refractivity contribution < 1.29 is 4.79 Å². The number of carbonyl (C=O) groups is 1. The van der Waals surface area contributed by atoms with E-state index in [1.54, 1.807) is 19.1 Å². The maximum absolute atomic E-state index is 12.3. The molecule has 0 N–H and O–H groups in total. The van der Waals surface area contributed by atoms with Crippen LogP contribution in [0.25, 0.3) is 11.6 Å². The molecule has 2 aromatic rings. The summed E-state index contributed by atoms with van der Waals surface area (Å²) in [7, 11) is 0. The molecule has 0 unspecified atom stereocenters. The molecule has 0 aromatic heterocycles. The summed E-state index contributed by atoms with van der Waals surface area (Å²) in [4.78, 5) is 12.3. The largest absolute Gasteiger partial charge is 0.289 e. The fourth-order valence-electron chi connectivity index (χ4n) is 1.85. The van der Waals surface area contributed by atoms with Crippen LogP contribution in [0.3, 0.4) is 0 Å². The van der Waals surface area contributed by atoms with Gasteiger partial charge in [-0.2, -0.15) is 0 Å². The van der Waals surface area contributed by atoms with E-state index in [-0.39, 0.29) is 13.2 Å². The zero-order valence-corrected chi connectivity index (χ0v) is 14.0. The lowest BCUT2D eigenvalue weighted by Gasteiger charge is -2.07. The molecule has 0 spiro atoms. The standard InChI is InChI=1S/C18H15ClO.C2H6.CH4/c1-13(2)18(20)17(15-6-4-3-5-7-15)12-14-8-10-16(19)11-9-14;1-2;/h3-12H,1H2,2H3;1-2H3;1H4/b17-12+;;. The quantitative estimate of drug-likeness (QED) is 0.451. The maximum Gasteiger partial charge on any atom is 0.188 e. The van der Waals surface area contributed by atoms with Gasteiger partial charge in [0, 0.05) is 10.6 Å². The highest BCUT2D eigenvalue weighted by molar-refractivity contribution is 6.32. The minimum atomic E-state index is -0.0499. The fourth-order valence-corrected chi connectivity index (χ4v) is 1.98.